The number of aliphatic hydroxyl groups excluding tert-OH is 1. The van der Waals surface area contributed by atoms with Crippen molar-refractivity contribution in [2.24, 2.45) is 0 Å². The zero-order valence-corrected chi connectivity index (χ0v) is 11.4. The molecule has 0 radical (unpaired) electrons. The number of ether oxygens (including phenoxy) is 2. The fraction of sp³-hybridized carbons (Fsp3) is 0.400. The normalized spacial score (nSPS) is 14.5. The molecule has 1 aliphatic heterocycles. The minimum atomic E-state index is -0.355. The summed E-state index contributed by atoms with van der Waals surface area (Å²) in [4.78, 5) is 4.35. The molecule has 1 aromatic carbocycles. The van der Waals surface area contributed by atoms with Crippen LogP contribution in [0.15, 0.2) is 24.4 Å². The lowest BCUT2D eigenvalue weighted by molar-refractivity contribution is 0.174. The van der Waals surface area contributed by atoms with E-state index >= 15 is 0 Å². The van der Waals surface area contributed by atoms with E-state index in [1.54, 1.807) is 6.20 Å². The number of nitrogens with one attached hydrogen (secondary N) is 1. The predicted octanol–water partition coefficient (Wildman–Crippen LogP) is 2.54. The average Bonchev–Trinajstić information content (AvgIpc) is 2.90. The Bertz CT molecular complexity index is 615. The number of aromatic nitrogens is 1. The van der Waals surface area contributed by atoms with Gasteiger partial charge in [-0.1, -0.05) is 13.3 Å². The van der Waals surface area contributed by atoms with E-state index < -0.39 is 0 Å². The van der Waals surface area contributed by atoms with Crippen LogP contribution < -0.4 is 14.8 Å². The molecule has 1 aromatic heterocycles. The predicted molar refractivity (Wildman–Crippen MR) is 77.3 cm³/mol. The van der Waals surface area contributed by atoms with Gasteiger partial charge in [0.25, 0.3) is 0 Å². The molecule has 20 heavy (non-hydrogen) atoms. The van der Waals surface area contributed by atoms with Crippen molar-refractivity contribution in [2.75, 3.05) is 18.7 Å². The fourth-order valence-corrected chi connectivity index (χ4v) is 2.35. The summed E-state index contributed by atoms with van der Waals surface area (Å²) in [5, 5.41) is 15.0. The van der Waals surface area contributed by atoms with Gasteiger partial charge in [-0.15, -0.1) is 0 Å². The summed E-state index contributed by atoms with van der Waals surface area (Å²) in [6, 6.07) is 5.82. The highest BCUT2D eigenvalue weighted by molar-refractivity contribution is 5.94. The van der Waals surface area contributed by atoms with Crippen molar-refractivity contribution in [3.8, 4) is 11.5 Å². The summed E-state index contributed by atoms with van der Waals surface area (Å²) in [6.07, 6.45) is 3.14. The molecule has 5 nitrogen and oxygen atoms in total. The molecule has 3 rings (SSSR count). The highest BCUT2D eigenvalue weighted by Gasteiger charge is 2.16. The molecule has 106 valence electrons. The first-order valence-corrected chi connectivity index (χ1v) is 6.88. The fourth-order valence-electron chi connectivity index (χ4n) is 2.35. The molecule has 2 N–H and O–H groups in total. The zero-order chi connectivity index (χ0) is 13.9. The van der Waals surface area contributed by atoms with Crippen molar-refractivity contribution in [2.45, 2.75) is 25.9 Å². The molecule has 5 heteroatoms. The molecule has 0 saturated carbocycles. The summed E-state index contributed by atoms with van der Waals surface area (Å²) in [5.41, 5.74) is 0. The lowest BCUT2D eigenvalue weighted by atomic mass is 10.1. The average molecular weight is 274 g/mol. The Hall–Kier alpha value is -2.01. The van der Waals surface area contributed by atoms with Gasteiger partial charge in [0, 0.05) is 18.1 Å². The number of rotatable bonds is 5. The maximum Gasteiger partial charge on any atom is 0.231 e. The number of hydrogen-bond donors (Lipinski definition) is 2. The molecule has 0 fully saturated rings. The highest BCUT2D eigenvalue weighted by Crippen LogP contribution is 2.37. The third-order valence-corrected chi connectivity index (χ3v) is 3.38. The SMILES string of the molecule is CCCC(O)CNc1nccc2cc3c(cc12)OCO3. The quantitative estimate of drug-likeness (QED) is 0.877. The van der Waals surface area contributed by atoms with Crippen LogP contribution in [0.5, 0.6) is 11.5 Å². The van der Waals surface area contributed by atoms with E-state index in [9.17, 15) is 5.11 Å². The Labute approximate surface area is 117 Å². The van der Waals surface area contributed by atoms with Crippen LogP contribution in [0.3, 0.4) is 0 Å². The summed E-state index contributed by atoms with van der Waals surface area (Å²) < 4.78 is 10.8. The number of pyridine rings is 1. The van der Waals surface area contributed by atoms with Crippen LogP contribution in [0.1, 0.15) is 19.8 Å². The number of hydrogen-bond acceptors (Lipinski definition) is 5. The summed E-state index contributed by atoms with van der Waals surface area (Å²) in [5.74, 6) is 2.26. The second kappa shape index (κ2) is 5.54. The molecular formula is C15H18N2O3. The van der Waals surface area contributed by atoms with E-state index in [4.69, 9.17) is 9.47 Å². The van der Waals surface area contributed by atoms with Crippen molar-refractivity contribution >= 4 is 16.6 Å². The summed E-state index contributed by atoms with van der Waals surface area (Å²) in [6.45, 7) is 2.81. The Kier molecular flexibility index (Phi) is 3.60. The van der Waals surface area contributed by atoms with Crippen LogP contribution in [-0.4, -0.2) is 29.5 Å². The van der Waals surface area contributed by atoms with Crippen molar-refractivity contribution < 1.29 is 14.6 Å². The smallest absolute Gasteiger partial charge is 0.231 e. The second-order valence-electron chi connectivity index (χ2n) is 4.91. The third-order valence-electron chi connectivity index (χ3n) is 3.38. The first-order chi connectivity index (χ1) is 9.78. The van der Waals surface area contributed by atoms with E-state index in [2.05, 4.69) is 17.2 Å². The number of anilines is 1. The second-order valence-corrected chi connectivity index (χ2v) is 4.91. The van der Waals surface area contributed by atoms with E-state index in [0.29, 0.717) is 6.54 Å². The van der Waals surface area contributed by atoms with E-state index in [1.807, 2.05) is 18.2 Å². The first kappa shape index (κ1) is 13.0. The van der Waals surface area contributed by atoms with Gasteiger partial charge in [0.2, 0.25) is 6.79 Å². The van der Waals surface area contributed by atoms with Gasteiger partial charge in [-0.3, -0.25) is 0 Å². The van der Waals surface area contributed by atoms with Gasteiger partial charge in [-0.05, 0) is 30.0 Å². The number of nitrogens with zero attached hydrogens (tertiary/aromatic N) is 1. The standard InChI is InChI=1S/C15H18N2O3/c1-2-3-11(18)8-17-15-12-7-14-13(19-9-20-14)6-10(12)4-5-16-15/h4-7,11,18H,2-3,8-9H2,1H3,(H,16,17). The van der Waals surface area contributed by atoms with Gasteiger partial charge >= 0.3 is 0 Å². The van der Waals surface area contributed by atoms with Gasteiger partial charge in [0.15, 0.2) is 11.5 Å². The number of fused-ring (bicyclic) bond motifs is 2. The van der Waals surface area contributed by atoms with Crippen LogP contribution in [-0.2, 0) is 0 Å². The van der Waals surface area contributed by atoms with Crippen LogP contribution in [0, 0.1) is 0 Å². The maximum atomic E-state index is 9.80. The lowest BCUT2D eigenvalue weighted by Gasteiger charge is -2.13. The van der Waals surface area contributed by atoms with Gasteiger partial charge in [0.05, 0.1) is 6.10 Å². The number of benzene rings is 1. The van der Waals surface area contributed by atoms with E-state index in [1.165, 1.54) is 0 Å². The molecule has 0 spiro atoms. The van der Waals surface area contributed by atoms with Gasteiger partial charge in [0.1, 0.15) is 5.82 Å². The molecule has 0 amide bonds. The molecule has 0 bridgehead atoms. The van der Waals surface area contributed by atoms with Crippen LogP contribution in [0.25, 0.3) is 10.8 Å². The molecule has 0 aliphatic carbocycles. The molecule has 1 aliphatic rings. The largest absolute Gasteiger partial charge is 0.454 e. The molecule has 2 aromatic rings. The van der Waals surface area contributed by atoms with Gasteiger partial charge in [-0.25, -0.2) is 4.98 Å². The zero-order valence-electron chi connectivity index (χ0n) is 11.4. The van der Waals surface area contributed by atoms with Crippen LogP contribution >= 0.6 is 0 Å². The molecule has 0 saturated heterocycles. The molecule has 2 heterocycles. The lowest BCUT2D eigenvalue weighted by Crippen LogP contribution is -2.19. The summed E-state index contributed by atoms with van der Waals surface area (Å²) in [7, 11) is 0. The third kappa shape index (κ3) is 2.49. The highest BCUT2D eigenvalue weighted by atomic mass is 16.7. The Morgan fingerprint density at radius 1 is 1.35 bits per heavy atom. The van der Waals surface area contributed by atoms with Crippen molar-refractivity contribution in [1.29, 1.82) is 0 Å². The van der Waals surface area contributed by atoms with Crippen molar-refractivity contribution in [1.82, 2.24) is 4.98 Å². The van der Waals surface area contributed by atoms with Crippen LogP contribution in [0.2, 0.25) is 0 Å². The number of aliphatic hydroxyl groups is 1. The topological polar surface area (TPSA) is 63.6 Å². The monoisotopic (exact) mass is 274 g/mol. The van der Waals surface area contributed by atoms with E-state index in [-0.39, 0.29) is 12.9 Å². The minimum absolute atomic E-state index is 0.261. The Morgan fingerprint density at radius 2 is 2.15 bits per heavy atom. The maximum absolute atomic E-state index is 9.80. The first-order valence-electron chi connectivity index (χ1n) is 6.88. The Balaban J connectivity index is 1.87. The molecular weight excluding hydrogens is 256 g/mol. The minimum Gasteiger partial charge on any atom is -0.454 e. The van der Waals surface area contributed by atoms with Gasteiger partial charge < -0.3 is 19.9 Å². The molecule has 1 atom stereocenters. The summed E-state index contributed by atoms with van der Waals surface area (Å²) >= 11 is 0. The van der Waals surface area contributed by atoms with Crippen LogP contribution in [0.4, 0.5) is 5.82 Å². The Morgan fingerprint density at radius 3 is 2.95 bits per heavy atom. The van der Waals surface area contributed by atoms with Crippen molar-refractivity contribution in [3.63, 3.8) is 0 Å². The van der Waals surface area contributed by atoms with E-state index in [0.717, 1.165) is 40.9 Å². The van der Waals surface area contributed by atoms with Crippen molar-refractivity contribution in [3.05, 3.63) is 24.4 Å². The molecule has 1 unspecified atom stereocenters. The van der Waals surface area contributed by atoms with Gasteiger partial charge in [-0.2, -0.15) is 0 Å².